The highest BCUT2D eigenvalue weighted by Crippen LogP contribution is 2.23. The first-order chi connectivity index (χ1) is 3.15. The fourth-order valence-electron chi connectivity index (χ4n) is 0.114. The van der Waals surface area contributed by atoms with Crippen molar-refractivity contribution in [1.82, 2.24) is 0 Å². The highest BCUT2D eigenvalue weighted by Gasteiger charge is 2.32. The topological polar surface area (TPSA) is 12.5 Å². The maximum absolute atomic E-state index is 6.83. The summed E-state index contributed by atoms with van der Waals surface area (Å²) in [4.78, 5) is 0. The van der Waals surface area contributed by atoms with Crippen LogP contribution in [0.3, 0.4) is 0 Å². The second-order valence-electron chi connectivity index (χ2n) is 1.60. The molecule has 0 bridgehead atoms. The molecule has 1 atom stereocenters. The molecular formula is C4H8O. The molecule has 1 heterocycles. The van der Waals surface area contributed by atoms with Gasteiger partial charge in [-0.3, -0.25) is 0 Å². The maximum atomic E-state index is 6.83. The number of ether oxygens (including phenoxy) is 1. The minimum Gasteiger partial charge on any atom is -0.370 e. The Hall–Kier alpha value is -0.0400. The van der Waals surface area contributed by atoms with Crippen molar-refractivity contribution in [3.05, 3.63) is 0 Å². The molecule has 0 aliphatic carbocycles. The van der Waals surface area contributed by atoms with Crippen LogP contribution in [0.15, 0.2) is 0 Å². The van der Waals surface area contributed by atoms with Crippen molar-refractivity contribution >= 4 is 0 Å². The molecule has 0 aromatic rings. The van der Waals surface area contributed by atoms with Gasteiger partial charge in [-0.1, -0.05) is 0 Å². The minimum absolute atomic E-state index is 0.417. The monoisotopic (exact) mass is 76.1 g/mol. The van der Waals surface area contributed by atoms with Gasteiger partial charge in [0.2, 0.25) is 0 Å². The maximum Gasteiger partial charge on any atom is 0.0860 e. The molecule has 1 aliphatic heterocycles. The third kappa shape index (κ3) is 0.618. The molecule has 1 rings (SSSR count). The third-order valence-corrected chi connectivity index (χ3v) is 0.600. The van der Waals surface area contributed by atoms with Crippen LogP contribution in [-0.4, -0.2) is 12.2 Å². The zero-order chi connectivity index (χ0) is 5.49. The van der Waals surface area contributed by atoms with Gasteiger partial charge in [0, 0.05) is 2.74 Å². The quantitative estimate of drug-likeness (QED) is 0.389. The van der Waals surface area contributed by atoms with Gasteiger partial charge >= 0.3 is 0 Å². The largest absolute Gasteiger partial charge is 0.370 e. The van der Waals surface area contributed by atoms with E-state index in [-0.39, 0.29) is 0 Å². The van der Waals surface area contributed by atoms with Gasteiger partial charge in [-0.05, 0) is 13.8 Å². The molecule has 0 aromatic heterocycles. The van der Waals surface area contributed by atoms with E-state index >= 15 is 0 Å². The van der Waals surface area contributed by atoms with E-state index in [0.717, 1.165) is 0 Å². The number of rotatable bonds is 0. The van der Waals surface area contributed by atoms with Gasteiger partial charge in [-0.2, -0.15) is 0 Å². The summed E-state index contributed by atoms with van der Waals surface area (Å²) in [5.74, 6) is 0. The van der Waals surface area contributed by atoms with Gasteiger partial charge in [-0.15, -0.1) is 0 Å². The highest BCUT2D eigenvalue weighted by molar-refractivity contribution is 4.79. The Morgan fingerprint density at radius 1 is 2.20 bits per heavy atom. The first-order valence-corrected chi connectivity index (χ1v) is 1.64. The van der Waals surface area contributed by atoms with Gasteiger partial charge in [-0.25, -0.2) is 0 Å². The van der Waals surface area contributed by atoms with Crippen molar-refractivity contribution in [2.75, 3.05) is 6.61 Å². The molecular weight excluding hydrogens is 64.0 g/mol. The van der Waals surface area contributed by atoms with E-state index in [9.17, 15) is 0 Å². The Labute approximate surface area is 34.8 Å². The van der Waals surface area contributed by atoms with Crippen molar-refractivity contribution in [3.8, 4) is 0 Å². The first kappa shape index (κ1) is 1.61. The second-order valence-corrected chi connectivity index (χ2v) is 1.60. The summed E-state index contributed by atoms with van der Waals surface area (Å²) in [6.45, 7) is 1.55. The third-order valence-electron chi connectivity index (χ3n) is 0.600. The van der Waals surface area contributed by atoms with Crippen LogP contribution >= 0.6 is 0 Å². The summed E-state index contributed by atoms with van der Waals surface area (Å²) >= 11 is 0. The molecule has 30 valence electrons. The summed E-state index contributed by atoms with van der Waals surface area (Å²) in [6, 6.07) is 0. The smallest absolute Gasteiger partial charge is 0.0860 e. The van der Waals surface area contributed by atoms with E-state index in [2.05, 4.69) is 0 Å². The van der Waals surface area contributed by atoms with Crippen molar-refractivity contribution in [1.29, 1.82) is 0 Å². The van der Waals surface area contributed by atoms with Gasteiger partial charge < -0.3 is 4.74 Å². The van der Waals surface area contributed by atoms with Crippen molar-refractivity contribution in [2.45, 2.75) is 19.4 Å². The Kier molecular flexibility index (Phi) is 0.176. The second kappa shape index (κ2) is 0.548. The summed E-state index contributed by atoms with van der Waals surface area (Å²) in [7, 11) is 0. The zero-order valence-corrected chi connectivity index (χ0v) is 3.19. The minimum atomic E-state index is -0.813. The molecule has 1 unspecified atom stereocenters. The molecule has 0 N–H and O–H groups in total. The average molecular weight is 76.1 g/mol. The van der Waals surface area contributed by atoms with Gasteiger partial charge in [0.05, 0.1) is 12.2 Å². The van der Waals surface area contributed by atoms with E-state index in [1.807, 2.05) is 0 Å². The molecule has 1 saturated heterocycles. The molecule has 1 heteroatoms. The van der Waals surface area contributed by atoms with E-state index in [1.54, 1.807) is 6.92 Å². The van der Waals surface area contributed by atoms with Crippen LogP contribution in [0.5, 0.6) is 0 Å². The molecule has 0 saturated carbocycles. The van der Waals surface area contributed by atoms with Crippen LogP contribution in [0, 0.1) is 0 Å². The van der Waals surface area contributed by atoms with Gasteiger partial charge in [0.25, 0.3) is 0 Å². The van der Waals surface area contributed by atoms with Crippen LogP contribution in [0.1, 0.15) is 16.5 Å². The van der Waals surface area contributed by atoms with Crippen LogP contribution in [-0.2, 0) is 4.74 Å². The fourth-order valence-corrected chi connectivity index (χ4v) is 0.114. The van der Waals surface area contributed by atoms with Gasteiger partial charge in [0.1, 0.15) is 0 Å². The van der Waals surface area contributed by atoms with Crippen molar-refractivity contribution < 1.29 is 7.48 Å². The van der Waals surface area contributed by atoms with Crippen molar-refractivity contribution in [3.63, 3.8) is 0 Å². The summed E-state index contributed by atoms with van der Waals surface area (Å²) in [6.07, 6.45) is 0. The Balaban J connectivity index is 2.39. The zero-order valence-electron chi connectivity index (χ0n) is 5.19. The summed E-state index contributed by atoms with van der Waals surface area (Å²) < 4.78 is 18.4. The SMILES string of the molecule is [3H]C([3H])C1(C)CO1. The summed E-state index contributed by atoms with van der Waals surface area (Å²) in [5.41, 5.74) is -0.417. The predicted molar refractivity (Wildman–Crippen MR) is 20.0 cm³/mol. The molecule has 5 heavy (non-hydrogen) atoms. The van der Waals surface area contributed by atoms with Gasteiger partial charge in [0.15, 0.2) is 0 Å². The van der Waals surface area contributed by atoms with E-state index in [0.29, 0.717) is 6.61 Å². The first-order valence-electron chi connectivity index (χ1n) is 2.79. The molecule has 1 aliphatic rings. The highest BCUT2D eigenvalue weighted by atomic mass is 16.6. The van der Waals surface area contributed by atoms with E-state index < -0.39 is 12.5 Å². The summed E-state index contributed by atoms with van der Waals surface area (Å²) in [5, 5.41) is 0. The number of hydrogen-bond donors (Lipinski definition) is 0. The average Bonchev–Trinajstić information content (AvgIpc) is 2.21. The molecule has 1 nitrogen and oxygen atoms in total. The lowest BCUT2D eigenvalue weighted by Crippen LogP contribution is -1.90. The Morgan fingerprint density at radius 2 is 2.80 bits per heavy atom. The Bertz CT molecular complexity index is 77.8. The normalized spacial score (nSPS) is 55.6. The Morgan fingerprint density at radius 3 is 2.80 bits per heavy atom. The van der Waals surface area contributed by atoms with Crippen molar-refractivity contribution in [2.24, 2.45) is 0 Å². The molecule has 0 spiro atoms. The lowest BCUT2D eigenvalue weighted by molar-refractivity contribution is 0.344. The lowest BCUT2D eigenvalue weighted by atomic mass is 10.3. The predicted octanol–water partition coefficient (Wildman–Crippen LogP) is 0.795. The standard InChI is InChI=1S/C4H8O/c1-4(2)3-5-4/h3H2,1-2H3/i1T2. The van der Waals surface area contributed by atoms with Crippen LogP contribution < -0.4 is 0 Å². The van der Waals surface area contributed by atoms with E-state index in [1.165, 1.54) is 0 Å². The van der Waals surface area contributed by atoms with Crippen LogP contribution in [0.25, 0.3) is 0 Å². The molecule has 0 amide bonds. The molecule has 0 aromatic carbocycles. The number of hydrogen-bond acceptors (Lipinski definition) is 1. The lowest BCUT2D eigenvalue weighted by Gasteiger charge is -1.81. The van der Waals surface area contributed by atoms with Crippen LogP contribution in [0.2, 0.25) is 0 Å². The molecule has 0 radical (unpaired) electrons. The molecule has 1 fully saturated rings. The van der Waals surface area contributed by atoms with E-state index in [4.69, 9.17) is 7.48 Å². The number of epoxide rings is 1. The van der Waals surface area contributed by atoms with Crippen LogP contribution in [0.4, 0.5) is 0 Å². The fraction of sp³-hybridized carbons (Fsp3) is 1.00.